The van der Waals surface area contributed by atoms with E-state index in [-0.39, 0.29) is 0 Å². The standard InChI is InChI=1S/C12H22N2O3S/c1-9(2)13-7-5-6-12-14-8-11(17-12)10(3)18(4,15)16/h8-10,13H,5-7H2,1-4H3. The van der Waals surface area contributed by atoms with E-state index in [1.54, 1.807) is 6.92 Å². The third-order valence-electron chi connectivity index (χ3n) is 2.73. The van der Waals surface area contributed by atoms with Gasteiger partial charge in [0.15, 0.2) is 15.7 Å². The number of aromatic nitrogens is 1. The van der Waals surface area contributed by atoms with Crippen molar-refractivity contribution in [2.45, 2.75) is 44.9 Å². The fourth-order valence-electron chi connectivity index (χ4n) is 1.47. The summed E-state index contributed by atoms with van der Waals surface area (Å²) in [6.07, 6.45) is 4.35. The smallest absolute Gasteiger partial charge is 0.194 e. The van der Waals surface area contributed by atoms with Crippen molar-refractivity contribution in [3.8, 4) is 0 Å². The maximum absolute atomic E-state index is 11.4. The molecule has 0 aromatic carbocycles. The van der Waals surface area contributed by atoms with Gasteiger partial charge in [0, 0.05) is 18.7 Å². The van der Waals surface area contributed by atoms with Gasteiger partial charge in [-0.3, -0.25) is 0 Å². The van der Waals surface area contributed by atoms with Gasteiger partial charge in [-0.05, 0) is 19.9 Å². The Morgan fingerprint density at radius 1 is 1.39 bits per heavy atom. The summed E-state index contributed by atoms with van der Waals surface area (Å²) in [5, 5.41) is 2.67. The number of aryl methyl sites for hydroxylation is 1. The average Bonchev–Trinajstić information content (AvgIpc) is 2.70. The van der Waals surface area contributed by atoms with E-state index in [1.165, 1.54) is 12.5 Å². The number of hydrogen-bond donors (Lipinski definition) is 1. The van der Waals surface area contributed by atoms with E-state index < -0.39 is 15.1 Å². The molecule has 0 radical (unpaired) electrons. The average molecular weight is 274 g/mol. The number of hydrogen-bond acceptors (Lipinski definition) is 5. The molecule has 1 unspecified atom stereocenters. The predicted molar refractivity (Wildman–Crippen MR) is 71.2 cm³/mol. The van der Waals surface area contributed by atoms with Crippen LogP contribution in [0.1, 0.15) is 44.1 Å². The molecule has 0 aliphatic carbocycles. The summed E-state index contributed by atoms with van der Waals surface area (Å²) >= 11 is 0. The third kappa shape index (κ3) is 4.78. The Hall–Kier alpha value is -0.880. The fourth-order valence-corrected chi connectivity index (χ4v) is 2.00. The van der Waals surface area contributed by atoms with Gasteiger partial charge in [0.2, 0.25) is 0 Å². The van der Waals surface area contributed by atoms with Crippen LogP contribution in [0.5, 0.6) is 0 Å². The van der Waals surface area contributed by atoms with Crippen molar-refractivity contribution >= 4 is 9.84 Å². The van der Waals surface area contributed by atoms with Crippen molar-refractivity contribution in [3.05, 3.63) is 17.8 Å². The van der Waals surface area contributed by atoms with Gasteiger partial charge < -0.3 is 9.73 Å². The highest BCUT2D eigenvalue weighted by atomic mass is 32.2. The summed E-state index contributed by atoms with van der Waals surface area (Å²) in [4.78, 5) is 4.11. The van der Waals surface area contributed by atoms with Gasteiger partial charge in [-0.15, -0.1) is 0 Å². The van der Waals surface area contributed by atoms with Crippen molar-refractivity contribution in [2.75, 3.05) is 12.8 Å². The molecular weight excluding hydrogens is 252 g/mol. The van der Waals surface area contributed by atoms with Crippen molar-refractivity contribution in [2.24, 2.45) is 0 Å². The van der Waals surface area contributed by atoms with Crippen LogP contribution in [0.25, 0.3) is 0 Å². The minimum Gasteiger partial charge on any atom is -0.444 e. The molecule has 0 fully saturated rings. The quantitative estimate of drug-likeness (QED) is 0.766. The molecule has 1 N–H and O–H groups in total. The Labute approximate surface area is 109 Å². The summed E-state index contributed by atoms with van der Waals surface area (Å²) in [7, 11) is -3.13. The lowest BCUT2D eigenvalue weighted by atomic mass is 10.3. The van der Waals surface area contributed by atoms with E-state index in [4.69, 9.17) is 4.42 Å². The Kier molecular flexibility index (Phi) is 5.34. The lowest BCUT2D eigenvalue weighted by molar-refractivity contribution is 0.440. The normalized spacial score (nSPS) is 14.1. The molecule has 0 aliphatic heterocycles. The Morgan fingerprint density at radius 2 is 2.06 bits per heavy atom. The number of nitrogens with one attached hydrogen (secondary N) is 1. The number of sulfone groups is 1. The van der Waals surface area contributed by atoms with E-state index in [2.05, 4.69) is 24.1 Å². The monoisotopic (exact) mass is 274 g/mol. The van der Waals surface area contributed by atoms with E-state index in [0.29, 0.717) is 17.7 Å². The molecule has 1 rings (SSSR count). The number of oxazole rings is 1. The minimum absolute atomic E-state index is 0.421. The first-order valence-corrected chi connectivity index (χ1v) is 8.13. The molecule has 5 nitrogen and oxygen atoms in total. The van der Waals surface area contributed by atoms with Crippen LogP contribution in [0.2, 0.25) is 0 Å². The Morgan fingerprint density at radius 3 is 2.61 bits per heavy atom. The fraction of sp³-hybridized carbons (Fsp3) is 0.750. The largest absolute Gasteiger partial charge is 0.444 e. The van der Waals surface area contributed by atoms with Crippen molar-refractivity contribution in [1.82, 2.24) is 10.3 Å². The van der Waals surface area contributed by atoms with Crippen LogP contribution in [-0.4, -0.2) is 32.2 Å². The lowest BCUT2D eigenvalue weighted by Crippen LogP contribution is -2.23. The van der Waals surface area contributed by atoms with E-state index in [1.807, 2.05) is 0 Å². The van der Waals surface area contributed by atoms with Crippen LogP contribution in [0.15, 0.2) is 10.6 Å². The van der Waals surface area contributed by atoms with Gasteiger partial charge in [-0.2, -0.15) is 0 Å². The predicted octanol–water partition coefficient (Wildman–Crippen LogP) is 1.71. The molecule has 0 bridgehead atoms. The first-order chi connectivity index (χ1) is 8.30. The number of rotatable bonds is 7. The topological polar surface area (TPSA) is 72.2 Å². The highest BCUT2D eigenvalue weighted by Crippen LogP contribution is 2.21. The van der Waals surface area contributed by atoms with Crippen LogP contribution >= 0.6 is 0 Å². The molecule has 0 aliphatic rings. The van der Waals surface area contributed by atoms with Crippen LogP contribution in [0, 0.1) is 0 Å². The summed E-state index contributed by atoms with van der Waals surface area (Å²) < 4.78 is 28.2. The molecule has 18 heavy (non-hydrogen) atoms. The molecule has 0 saturated heterocycles. The molecule has 0 saturated carbocycles. The van der Waals surface area contributed by atoms with Crippen molar-refractivity contribution in [3.63, 3.8) is 0 Å². The summed E-state index contributed by atoms with van der Waals surface area (Å²) in [6, 6.07) is 0.468. The SMILES string of the molecule is CC(C)NCCCc1ncc(C(C)S(C)(=O)=O)o1. The summed E-state index contributed by atoms with van der Waals surface area (Å²) in [5.41, 5.74) is 0. The van der Waals surface area contributed by atoms with Gasteiger partial charge in [0.1, 0.15) is 11.0 Å². The second kappa shape index (κ2) is 6.33. The van der Waals surface area contributed by atoms with E-state index in [0.717, 1.165) is 19.4 Å². The molecule has 6 heteroatoms. The second-order valence-electron chi connectivity index (χ2n) is 4.84. The van der Waals surface area contributed by atoms with Gasteiger partial charge in [0.05, 0.1) is 6.20 Å². The van der Waals surface area contributed by atoms with Gasteiger partial charge in [-0.1, -0.05) is 13.8 Å². The molecule has 1 heterocycles. The molecule has 1 aromatic rings. The summed E-state index contributed by atoms with van der Waals surface area (Å²) in [6.45, 7) is 6.70. The molecular formula is C12H22N2O3S. The Balaban J connectivity index is 2.49. The van der Waals surface area contributed by atoms with Crippen molar-refractivity contribution in [1.29, 1.82) is 0 Å². The number of nitrogens with zero attached hydrogens (tertiary/aromatic N) is 1. The first-order valence-electron chi connectivity index (χ1n) is 6.17. The van der Waals surface area contributed by atoms with Crippen LogP contribution in [0.4, 0.5) is 0 Å². The molecule has 0 amide bonds. The minimum atomic E-state index is -3.13. The van der Waals surface area contributed by atoms with E-state index >= 15 is 0 Å². The third-order valence-corrected chi connectivity index (χ3v) is 4.25. The van der Waals surface area contributed by atoms with Crippen molar-refractivity contribution < 1.29 is 12.8 Å². The molecule has 1 atom stereocenters. The highest BCUT2D eigenvalue weighted by molar-refractivity contribution is 7.90. The zero-order valence-corrected chi connectivity index (χ0v) is 12.3. The van der Waals surface area contributed by atoms with Crippen LogP contribution in [-0.2, 0) is 16.3 Å². The maximum Gasteiger partial charge on any atom is 0.194 e. The lowest BCUT2D eigenvalue weighted by Gasteiger charge is -2.06. The highest BCUT2D eigenvalue weighted by Gasteiger charge is 2.21. The Bertz CT molecular complexity index is 465. The first kappa shape index (κ1) is 15.2. The van der Waals surface area contributed by atoms with Crippen LogP contribution < -0.4 is 5.32 Å². The van der Waals surface area contributed by atoms with Gasteiger partial charge >= 0.3 is 0 Å². The molecule has 0 spiro atoms. The van der Waals surface area contributed by atoms with Gasteiger partial charge in [0.25, 0.3) is 0 Å². The summed E-state index contributed by atoms with van der Waals surface area (Å²) in [5.74, 6) is 1.02. The zero-order valence-electron chi connectivity index (χ0n) is 11.4. The molecule has 1 aromatic heterocycles. The molecule has 104 valence electrons. The van der Waals surface area contributed by atoms with Crippen LogP contribution in [0.3, 0.4) is 0 Å². The second-order valence-corrected chi connectivity index (χ2v) is 7.21. The van der Waals surface area contributed by atoms with E-state index in [9.17, 15) is 8.42 Å². The maximum atomic E-state index is 11.4. The zero-order chi connectivity index (χ0) is 13.8. The van der Waals surface area contributed by atoms with Gasteiger partial charge in [-0.25, -0.2) is 13.4 Å².